The van der Waals surface area contributed by atoms with E-state index in [0.717, 1.165) is 6.42 Å². The number of rotatable bonds is 3. The molecule has 0 aliphatic heterocycles. The monoisotopic (exact) mass is 186 g/mol. The molecule has 0 aliphatic rings. The number of nitrogens with two attached hydrogens (primary N) is 1. The van der Waals surface area contributed by atoms with Crippen molar-refractivity contribution >= 4 is 11.6 Å². The van der Waals surface area contributed by atoms with Gasteiger partial charge in [0.15, 0.2) is 0 Å². The van der Waals surface area contributed by atoms with Crippen LogP contribution in [0.15, 0.2) is 23.1 Å². The van der Waals surface area contributed by atoms with E-state index in [9.17, 15) is 4.79 Å². The molecule has 66 valence electrons. The molecule has 4 heteroatoms. The summed E-state index contributed by atoms with van der Waals surface area (Å²) in [5.41, 5.74) is 5.17. The summed E-state index contributed by atoms with van der Waals surface area (Å²) in [5, 5.41) is 0.259. The van der Waals surface area contributed by atoms with Crippen molar-refractivity contribution in [2.24, 2.45) is 5.73 Å². The molecule has 0 saturated carbocycles. The summed E-state index contributed by atoms with van der Waals surface area (Å²) in [7, 11) is 0. The van der Waals surface area contributed by atoms with Gasteiger partial charge in [0, 0.05) is 12.7 Å². The number of hydrogen-bond acceptors (Lipinski definition) is 2. The van der Waals surface area contributed by atoms with Crippen molar-refractivity contribution in [3.8, 4) is 0 Å². The van der Waals surface area contributed by atoms with Crippen molar-refractivity contribution in [1.82, 2.24) is 4.57 Å². The van der Waals surface area contributed by atoms with Crippen molar-refractivity contribution in [1.29, 1.82) is 0 Å². The van der Waals surface area contributed by atoms with Crippen LogP contribution < -0.4 is 11.3 Å². The molecular weight excluding hydrogens is 176 g/mol. The second kappa shape index (κ2) is 4.28. The van der Waals surface area contributed by atoms with Crippen LogP contribution in [0.3, 0.4) is 0 Å². The Labute approximate surface area is 75.8 Å². The van der Waals surface area contributed by atoms with Gasteiger partial charge >= 0.3 is 0 Å². The molecule has 0 fully saturated rings. The Morgan fingerprint density at radius 1 is 1.58 bits per heavy atom. The Hall–Kier alpha value is -0.800. The largest absolute Gasteiger partial charge is 0.330 e. The van der Waals surface area contributed by atoms with Gasteiger partial charge in [-0.1, -0.05) is 11.6 Å². The lowest BCUT2D eigenvalue weighted by molar-refractivity contribution is 0.630. The average molecular weight is 187 g/mol. The number of hydrogen-bond donors (Lipinski definition) is 1. The van der Waals surface area contributed by atoms with Gasteiger partial charge in [0.2, 0.25) is 0 Å². The molecule has 0 aromatic carbocycles. The van der Waals surface area contributed by atoms with Gasteiger partial charge in [0.05, 0.1) is 0 Å². The Balaban J connectivity index is 2.85. The molecule has 0 aliphatic carbocycles. The number of pyridine rings is 1. The highest BCUT2D eigenvalue weighted by atomic mass is 35.5. The first-order valence-electron chi connectivity index (χ1n) is 3.80. The standard InChI is InChI=1S/C8H11ClN2O/c9-7-3-1-5-11(8(7)12)6-2-4-10/h1,3,5H,2,4,6,10H2. The first kappa shape index (κ1) is 9.29. The van der Waals surface area contributed by atoms with Gasteiger partial charge in [-0.25, -0.2) is 0 Å². The Morgan fingerprint density at radius 3 is 3.00 bits per heavy atom. The van der Waals surface area contributed by atoms with E-state index in [1.807, 2.05) is 0 Å². The van der Waals surface area contributed by atoms with E-state index in [4.69, 9.17) is 17.3 Å². The SMILES string of the molecule is NCCCn1cccc(Cl)c1=O. The lowest BCUT2D eigenvalue weighted by Crippen LogP contribution is -2.20. The summed E-state index contributed by atoms with van der Waals surface area (Å²) < 4.78 is 1.56. The van der Waals surface area contributed by atoms with Crippen LogP contribution in [-0.2, 0) is 6.54 Å². The van der Waals surface area contributed by atoms with Crippen LogP contribution in [0.25, 0.3) is 0 Å². The summed E-state index contributed by atoms with van der Waals surface area (Å²) in [6.45, 7) is 1.22. The molecule has 0 atom stereocenters. The van der Waals surface area contributed by atoms with Crippen molar-refractivity contribution in [2.75, 3.05) is 6.54 Å². The van der Waals surface area contributed by atoms with Gasteiger partial charge in [-0.15, -0.1) is 0 Å². The number of halogens is 1. The van der Waals surface area contributed by atoms with Crippen LogP contribution >= 0.6 is 11.6 Å². The molecular formula is C8H11ClN2O. The molecule has 0 amide bonds. The van der Waals surface area contributed by atoms with Crippen LogP contribution in [0.5, 0.6) is 0 Å². The maximum absolute atomic E-state index is 11.3. The van der Waals surface area contributed by atoms with E-state index in [-0.39, 0.29) is 10.6 Å². The van der Waals surface area contributed by atoms with Crippen molar-refractivity contribution < 1.29 is 0 Å². The highest BCUT2D eigenvalue weighted by molar-refractivity contribution is 6.30. The van der Waals surface area contributed by atoms with E-state index in [1.54, 1.807) is 22.9 Å². The van der Waals surface area contributed by atoms with Crippen LogP contribution in [-0.4, -0.2) is 11.1 Å². The molecule has 0 radical (unpaired) electrons. The third-order valence-corrected chi connectivity index (χ3v) is 1.86. The van der Waals surface area contributed by atoms with Crippen LogP contribution in [0.4, 0.5) is 0 Å². The van der Waals surface area contributed by atoms with Crippen molar-refractivity contribution in [2.45, 2.75) is 13.0 Å². The smallest absolute Gasteiger partial charge is 0.269 e. The molecule has 1 aromatic rings. The average Bonchev–Trinajstić information content (AvgIpc) is 2.08. The lowest BCUT2D eigenvalue weighted by atomic mass is 10.4. The number of nitrogens with zero attached hydrogens (tertiary/aromatic N) is 1. The minimum atomic E-state index is -0.146. The van der Waals surface area contributed by atoms with E-state index < -0.39 is 0 Å². The first-order valence-corrected chi connectivity index (χ1v) is 4.18. The van der Waals surface area contributed by atoms with E-state index in [0.29, 0.717) is 13.1 Å². The number of aryl methyl sites for hydroxylation is 1. The van der Waals surface area contributed by atoms with E-state index >= 15 is 0 Å². The predicted octanol–water partition coefficient (Wildman–Crippen LogP) is 0.850. The quantitative estimate of drug-likeness (QED) is 0.761. The third kappa shape index (κ3) is 2.09. The highest BCUT2D eigenvalue weighted by Gasteiger charge is 1.97. The summed E-state index contributed by atoms with van der Waals surface area (Å²) in [6.07, 6.45) is 2.50. The highest BCUT2D eigenvalue weighted by Crippen LogP contribution is 1.98. The molecule has 0 bridgehead atoms. The fourth-order valence-electron chi connectivity index (χ4n) is 0.945. The zero-order valence-corrected chi connectivity index (χ0v) is 7.42. The zero-order chi connectivity index (χ0) is 8.97. The van der Waals surface area contributed by atoms with Crippen molar-refractivity contribution in [3.63, 3.8) is 0 Å². The van der Waals surface area contributed by atoms with Gasteiger partial charge < -0.3 is 10.3 Å². The van der Waals surface area contributed by atoms with Crippen LogP contribution in [0, 0.1) is 0 Å². The predicted molar refractivity (Wildman–Crippen MR) is 49.4 cm³/mol. The Bertz CT molecular complexity index is 308. The number of aromatic nitrogens is 1. The summed E-state index contributed by atoms with van der Waals surface area (Å²) in [6, 6.07) is 3.34. The molecule has 2 N–H and O–H groups in total. The molecule has 12 heavy (non-hydrogen) atoms. The lowest BCUT2D eigenvalue weighted by Gasteiger charge is -2.03. The molecule has 3 nitrogen and oxygen atoms in total. The normalized spacial score (nSPS) is 10.2. The van der Waals surface area contributed by atoms with Crippen molar-refractivity contribution in [3.05, 3.63) is 33.7 Å². The molecule has 0 saturated heterocycles. The Kier molecular flexibility index (Phi) is 3.31. The van der Waals surface area contributed by atoms with Crippen LogP contribution in [0.2, 0.25) is 5.02 Å². The first-order chi connectivity index (χ1) is 5.75. The van der Waals surface area contributed by atoms with Gasteiger partial charge in [-0.05, 0) is 25.1 Å². The van der Waals surface area contributed by atoms with Gasteiger partial charge in [0.1, 0.15) is 5.02 Å². The van der Waals surface area contributed by atoms with Gasteiger partial charge in [-0.2, -0.15) is 0 Å². The molecule has 0 unspecified atom stereocenters. The van der Waals surface area contributed by atoms with E-state index in [1.165, 1.54) is 0 Å². The molecule has 1 rings (SSSR count). The fraction of sp³-hybridized carbons (Fsp3) is 0.375. The zero-order valence-electron chi connectivity index (χ0n) is 6.66. The molecule has 0 spiro atoms. The minimum absolute atomic E-state index is 0.146. The summed E-state index contributed by atoms with van der Waals surface area (Å²) in [5.74, 6) is 0. The fourth-order valence-corrected chi connectivity index (χ4v) is 1.13. The second-order valence-electron chi connectivity index (χ2n) is 2.50. The second-order valence-corrected chi connectivity index (χ2v) is 2.90. The summed E-state index contributed by atoms with van der Waals surface area (Å²) >= 11 is 5.63. The van der Waals surface area contributed by atoms with Crippen LogP contribution in [0.1, 0.15) is 6.42 Å². The maximum Gasteiger partial charge on any atom is 0.269 e. The molecule has 1 aromatic heterocycles. The Morgan fingerprint density at radius 2 is 2.33 bits per heavy atom. The molecule has 1 heterocycles. The topological polar surface area (TPSA) is 48.0 Å². The van der Waals surface area contributed by atoms with Gasteiger partial charge in [0.25, 0.3) is 5.56 Å². The third-order valence-electron chi connectivity index (χ3n) is 1.58. The van der Waals surface area contributed by atoms with E-state index in [2.05, 4.69) is 0 Å². The summed E-state index contributed by atoms with van der Waals surface area (Å²) in [4.78, 5) is 11.3. The maximum atomic E-state index is 11.3. The van der Waals surface area contributed by atoms with Gasteiger partial charge in [-0.3, -0.25) is 4.79 Å². The minimum Gasteiger partial charge on any atom is -0.330 e.